The minimum Gasteiger partial charge on any atom is -0.330 e. The van der Waals surface area contributed by atoms with Crippen LogP contribution in [-0.2, 0) is 4.79 Å². The number of amides is 1. The maximum atomic E-state index is 11.9. The average molecular weight is 245 g/mol. The summed E-state index contributed by atoms with van der Waals surface area (Å²) in [5.41, 5.74) is 0.0939. The van der Waals surface area contributed by atoms with Crippen LogP contribution in [0.1, 0.15) is 44.6 Å². The quantitative estimate of drug-likeness (QED) is 0.766. The van der Waals surface area contributed by atoms with Crippen LogP contribution in [0.25, 0.3) is 0 Å². The number of rotatable bonds is 3. The Morgan fingerprint density at radius 3 is 2.83 bits per heavy atom. The second kappa shape index (κ2) is 3.70. The van der Waals surface area contributed by atoms with Crippen molar-refractivity contribution in [1.82, 2.24) is 14.5 Å². The van der Waals surface area contributed by atoms with E-state index in [1.165, 1.54) is 18.9 Å². The molecule has 96 valence electrons. The molecule has 1 saturated heterocycles. The molecule has 1 aromatic heterocycles. The van der Waals surface area contributed by atoms with E-state index >= 15 is 0 Å². The van der Waals surface area contributed by atoms with Crippen LogP contribution >= 0.6 is 0 Å². The summed E-state index contributed by atoms with van der Waals surface area (Å²) in [6, 6.07) is 0.679. The normalized spacial score (nSPS) is 25.7. The molecule has 1 saturated carbocycles. The summed E-state index contributed by atoms with van der Waals surface area (Å²) < 4.78 is 2.24. The smallest absolute Gasteiger partial charge is 0.246 e. The predicted octanol–water partition coefficient (Wildman–Crippen LogP) is 2.31. The van der Waals surface area contributed by atoms with Gasteiger partial charge < -0.3 is 9.47 Å². The number of aromatic nitrogens is 2. The van der Waals surface area contributed by atoms with E-state index in [9.17, 15) is 4.79 Å². The average Bonchev–Trinajstić information content (AvgIpc) is 3.07. The summed E-state index contributed by atoms with van der Waals surface area (Å²) in [6.07, 6.45) is 7.74. The molecule has 4 nitrogen and oxygen atoms in total. The standard InChI is InChI=1S/C14H19N3O/c1-4-11(18)17-9-14(2,3)12(17)13-15-7-8-16(13)10-5-6-10/h4,7-8,10,12H,1,5-6,9H2,2-3H3. The Morgan fingerprint density at radius 2 is 2.28 bits per heavy atom. The van der Waals surface area contributed by atoms with E-state index in [1.807, 2.05) is 17.3 Å². The molecule has 1 amide bonds. The van der Waals surface area contributed by atoms with Gasteiger partial charge in [0.25, 0.3) is 0 Å². The molecular formula is C14H19N3O. The molecule has 4 heteroatoms. The van der Waals surface area contributed by atoms with E-state index in [1.54, 1.807) is 0 Å². The van der Waals surface area contributed by atoms with Gasteiger partial charge in [-0.1, -0.05) is 20.4 Å². The van der Waals surface area contributed by atoms with Gasteiger partial charge in [-0.05, 0) is 18.9 Å². The van der Waals surface area contributed by atoms with Gasteiger partial charge in [0.1, 0.15) is 5.82 Å². The highest BCUT2D eigenvalue weighted by atomic mass is 16.2. The molecule has 0 aromatic carbocycles. The highest BCUT2D eigenvalue weighted by Crippen LogP contribution is 2.49. The highest BCUT2D eigenvalue weighted by Gasteiger charge is 2.50. The van der Waals surface area contributed by atoms with Crippen molar-refractivity contribution >= 4 is 5.91 Å². The summed E-state index contributed by atoms with van der Waals surface area (Å²) in [5.74, 6) is 1.04. The largest absolute Gasteiger partial charge is 0.330 e. The summed E-state index contributed by atoms with van der Waals surface area (Å²) in [4.78, 5) is 18.2. The lowest BCUT2D eigenvalue weighted by Gasteiger charge is -2.53. The van der Waals surface area contributed by atoms with E-state index in [0.29, 0.717) is 6.04 Å². The van der Waals surface area contributed by atoms with E-state index in [2.05, 4.69) is 30.0 Å². The molecule has 2 fully saturated rings. The first-order valence-electron chi connectivity index (χ1n) is 6.50. The Kier molecular flexibility index (Phi) is 2.37. The van der Waals surface area contributed by atoms with Crippen LogP contribution < -0.4 is 0 Å². The number of hydrogen-bond donors (Lipinski definition) is 0. The van der Waals surface area contributed by atoms with Crippen LogP contribution in [0.4, 0.5) is 0 Å². The lowest BCUT2D eigenvalue weighted by Crippen LogP contribution is -2.58. The molecule has 2 aliphatic rings. The Bertz CT molecular complexity index is 499. The predicted molar refractivity (Wildman–Crippen MR) is 68.9 cm³/mol. The number of nitrogens with zero attached hydrogens (tertiary/aromatic N) is 3. The van der Waals surface area contributed by atoms with Gasteiger partial charge in [-0.25, -0.2) is 4.98 Å². The zero-order chi connectivity index (χ0) is 12.9. The summed E-state index contributed by atoms with van der Waals surface area (Å²) >= 11 is 0. The molecule has 2 heterocycles. The van der Waals surface area contributed by atoms with Crippen molar-refractivity contribution in [2.45, 2.75) is 38.8 Å². The fraction of sp³-hybridized carbons (Fsp3) is 0.571. The molecule has 18 heavy (non-hydrogen) atoms. The molecule has 1 unspecified atom stereocenters. The van der Waals surface area contributed by atoms with Crippen LogP contribution in [0, 0.1) is 5.41 Å². The lowest BCUT2D eigenvalue weighted by atomic mass is 9.74. The SMILES string of the molecule is C=CC(=O)N1CC(C)(C)C1c1nccn1C1CC1. The number of likely N-dealkylation sites (tertiary alicyclic amines) is 1. The Hall–Kier alpha value is -1.58. The Labute approximate surface area is 107 Å². The van der Waals surface area contributed by atoms with Crippen molar-refractivity contribution < 1.29 is 4.79 Å². The third kappa shape index (κ3) is 1.59. The molecule has 3 rings (SSSR count). The zero-order valence-electron chi connectivity index (χ0n) is 11.0. The monoisotopic (exact) mass is 245 g/mol. The van der Waals surface area contributed by atoms with Crippen molar-refractivity contribution in [2.75, 3.05) is 6.54 Å². The number of carbonyl (C=O) groups excluding carboxylic acids is 1. The number of imidazole rings is 1. The first-order chi connectivity index (χ1) is 8.54. The van der Waals surface area contributed by atoms with Crippen LogP contribution in [0.5, 0.6) is 0 Å². The van der Waals surface area contributed by atoms with Gasteiger partial charge in [0.15, 0.2) is 0 Å². The van der Waals surface area contributed by atoms with E-state index in [4.69, 9.17) is 0 Å². The molecule has 1 aliphatic carbocycles. The molecule has 0 radical (unpaired) electrons. The van der Waals surface area contributed by atoms with Gasteiger partial charge in [-0.3, -0.25) is 4.79 Å². The van der Waals surface area contributed by atoms with Gasteiger partial charge in [0.05, 0.1) is 6.04 Å². The van der Waals surface area contributed by atoms with Crippen LogP contribution in [-0.4, -0.2) is 26.9 Å². The molecular weight excluding hydrogens is 226 g/mol. The summed E-state index contributed by atoms with van der Waals surface area (Å²) in [5, 5.41) is 0. The highest BCUT2D eigenvalue weighted by molar-refractivity contribution is 5.88. The maximum Gasteiger partial charge on any atom is 0.246 e. The van der Waals surface area contributed by atoms with Gasteiger partial charge in [-0.2, -0.15) is 0 Å². The number of carbonyl (C=O) groups is 1. The number of hydrogen-bond acceptors (Lipinski definition) is 2. The van der Waals surface area contributed by atoms with Crippen LogP contribution in [0.3, 0.4) is 0 Å². The van der Waals surface area contributed by atoms with Crippen LogP contribution in [0.2, 0.25) is 0 Å². The van der Waals surface area contributed by atoms with E-state index in [-0.39, 0.29) is 17.4 Å². The maximum absolute atomic E-state index is 11.9. The van der Waals surface area contributed by atoms with Crippen molar-refractivity contribution in [2.24, 2.45) is 5.41 Å². The van der Waals surface area contributed by atoms with Gasteiger partial charge in [0, 0.05) is 30.4 Å². The molecule has 0 N–H and O–H groups in total. The first-order valence-corrected chi connectivity index (χ1v) is 6.50. The summed E-state index contributed by atoms with van der Waals surface area (Å²) in [6.45, 7) is 8.74. The molecule has 1 atom stereocenters. The lowest BCUT2D eigenvalue weighted by molar-refractivity contribution is -0.147. The van der Waals surface area contributed by atoms with Crippen LogP contribution in [0.15, 0.2) is 25.0 Å². The third-order valence-corrected chi connectivity index (χ3v) is 3.97. The fourth-order valence-electron chi connectivity index (χ4n) is 2.94. The fourth-order valence-corrected chi connectivity index (χ4v) is 2.94. The van der Waals surface area contributed by atoms with E-state index < -0.39 is 0 Å². The van der Waals surface area contributed by atoms with Gasteiger partial charge in [0.2, 0.25) is 5.91 Å². The molecule has 0 spiro atoms. The Morgan fingerprint density at radius 1 is 1.56 bits per heavy atom. The van der Waals surface area contributed by atoms with Crippen molar-refractivity contribution in [3.05, 3.63) is 30.9 Å². The Balaban J connectivity index is 1.94. The van der Waals surface area contributed by atoms with Crippen molar-refractivity contribution in [3.8, 4) is 0 Å². The zero-order valence-corrected chi connectivity index (χ0v) is 11.0. The first kappa shape index (κ1) is 11.5. The van der Waals surface area contributed by atoms with Crippen molar-refractivity contribution in [1.29, 1.82) is 0 Å². The minimum atomic E-state index is 0.00433. The summed E-state index contributed by atoms with van der Waals surface area (Å²) in [7, 11) is 0. The minimum absolute atomic E-state index is 0.00433. The second-order valence-electron chi connectivity index (χ2n) is 5.99. The van der Waals surface area contributed by atoms with Gasteiger partial charge >= 0.3 is 0 Å². The van der Waals surface area contributed by atoms with E-state index in [0.717, 1.165) is 12.4 Å². The van der Waals surface area contributed by atoms with Gasteiger partial charge in [-0.15, -0.1) is 0 Å². The third-order valence-electron chi connectivity index (χ3n) is 3.97. The molecule has 0 bridgehead atoms. The topological polar surface area (TPSA) is 38.1 Å². The molecule has 1 aromatic rings. The van der Waals surface area contributed by atoms with Crippen molar-refractivity contribution in [3.63, 3.8) is 0 Å². The second-order valence-corrected chi connectivity index (χ2v) is 5.99. The molecule has 1 aliphatic heterocycles.